The number of aryl methyl sites for hydroxylation is 1. The van der Waals surface area contributed by atoms with Gasteiger partial charge < -0.3 is 11.1 Å². The Kier molecular flexibility index (Phi) is 4.49. The normalized spacial score (nSPS) is 12.8. The first kappa shape index (κ1) is 12.7. The van der Waals surface area contributed by atoms with Crippen LogP contribution in [0.15, 0.2) is 12.4 Å². The lowest BCUT2D eigenvalue weighted by molar-refractivity contribution is -0.116. The average Bonchev–Trinajstić information content (AvgIpc) is 2.65. The van der Waals surface area contributed by atoms with Gasteiger partial charge >= 0.3 is 0 Å². The third kappa shape index (κ3) is 3.66. The highest BCUT2D eigenvalue weighted by atomic mass is 16.1. The summed E-state index contributed by atoms with van der Waals surface area (Å²) in [4.78, 5) is 11.6. The lowest BCUT2D eigenvalue weighted by Crippen LogP contribution is -2.31. The molecule has 0 radical (unpaired) electrons. The van der Waals surface area contributed by atoms with Crippen molar-refractivity contribution in [3.05, 3.63) is 12.4 Å². The molecule has 1 heterocycles. The largest absolute Gasteiger partial charge is 0.327 e. The summed E-state index contributed by atoms with van der Waals surface area (Å²) in [6, 6.07) is -0.0961. The molecule has 5 heteroatoms. The smallest absolute Gasteiger partial charge is 0.226 e. The molecule has 0 aliphatic carbocycles. The first-order chi connectivity index (χ1) is 7.52. The highest BCUT2D eigenvalue weighted by Gasteiger charge is 2.13. The fourth-order valence-electron chi connectivity index (χ4n) is 1.26. The second-order valence-electron chi connectivity index (χ2n) is 4.24. The SMILES string of the molecule is CCn1cc(NC(=O)CC(N)C(C)C)cn1. The van der Waals surface area contributed by atoms with E-state index in [-0.39, 0.29) is 11.9 Å². The summed E-state index contributed by atoms with van der Waals surface area (Å²) in [5.41, 5.74) is 6.55. The Morgan fingerprint density at radius 3 is 2.81 bits per heavy atom. The average molecular weight is 224 g/mol. The summed E-state index contributed by atoms with van der Waals surface area (Å²) in [6.45, 7) is 6.80. The van der Waals surface area contributed by atoms with Gasteiger partial charge in [0.1, 0.15) is 0 Å². The number of hydrogen-bond acceptors (Lipinski definition) is 3. The highest BCUT2D eigenvalue weighted by Crippen LogP contribution is 2.08. The number of rotatable bonds is 5. The molecule has 0 aliphatic heterocycles. The molecule has 1 amide bonds. The van der Waals surface area contributed by atoms with Gasteiger partial charge in [0, 0.05) is 25.2 Å². The van der Waals surface area contributed by atoms with Crippen molar-refractivity contribution in [1.29, 1.82) is 0 Å². The van der Waals surface area contributed by atoms with E-state index in [9.17, 15) is 4.79 Å². The number of nitrogens with zero attached hydrogens (tertiary/aromatic N) is 2. The standard InChI is InChI=1S/C11H20N4O/c1-4-15-7-9(6-13-15)14-11(16)5-10(12)8(2)3/h6-8,10H,4-5,12H2,1-3H3,(H,14,16). The summed E-state index contributed by atoms with van der Waals surface area (Å²) < 4.78 is 1.76. The van der Waals surface area contributed by atoms with E-state index in [1.54, 1.807) is 17.1 Å². The van der Waals surface area contributed by atoms with Crippen LogP contribution in [0.3, 0.4) is 0 Å². The molecule has 0 aromatic carbocycles. The van der Waals surface area contributed by atoms with Crippen LogP contribution in [-0.2, 0) is 11.3 Å². The summed E-state index contributed by atoms with van der Waals surface area (Å²) in [5, 5.41) is 6.85. The fourth-order valence-corrected chi connectivity index (χ4v) is 1.26. The molecule has 0 aliphatic rings. The Morgan fingerprint density at radius 1 is 1.62 bits per heavy atom. The topological polar surface area (TPSA) is 72.9 Å². The van der Waals surface area contributed by atoms with E-state index in [2.05, 4.69) is 10.4 Å². The van der Waals surface area contributed by atoms with Gasteiger partial charge in [0.25, 0.3) is 0 Å². The first-order valence-corrected chi connectivity index (χ1v) is 5.60. The van der Waals surface area contributed by atoms with E-state index >= 15 is 0 Å². The van der Waals surface area contributed by atoms with E-state index in [0.717, 1.165) is 12.2 Å². The minimum atomic E-state index is -0.0961. The van der Waals surface area contributed by atoms with Crippen LogP contribution in [0.4, 0.5) is 5.69 Å². The number of nitrogens with one attached hydrogen (secondary N) is 1. The molecule has 16 heavy (non-hydrogen) atoms. The molecule has 0 saturated heterocycles. The molecule has 0 bridgehead atoms. The molecule has 0 fully saturated rings. The molecule has 1 unspecified atom stereocenters. The van der Waals surface area contributed by atoms with Crippen molar-refractivity contribution in [2.45, 2.75) is 39.8 Å². The van der Waals surface area contributed by atoms with Gasteiger partial charge in [0.15, 0.2) is 0 Å². The van der Waals surface area contributed by atoms with Crippen LogP contribution in [0, 0.1) is 5.92 Å². The van der Waals surface area contributed by atoms with Crippen molar-refractivity contribution in [3.8, 4) is 0 Å². The monoisotopic (exact) mass is 224 g/mol. The zero-order valence-electron chi connectivity index (χ0n) is 10.1. The van der Waals surface area contributed by atoms with Crippen LogP contribution in [0.25, 0.3) is 0 Å². The van der Waals surface area contributed by atoms with Gasteiger partial charge in [-0.25, -0.2) is 0 Å². The van der Waals surface area contributed by atoms with Crippen molar-refractivity contribution in [3.63, 3.8) is 0 Å². The van der Waals surface area contributed by atoms with Crippen LogP contribution in [-0.4, -0.2) is 21.7 Å². The predicted molar refractivity (Wildman–Crippen MR) is 64.0 cm³/mol. The van der Waals surface area contributed by atoms with Crippen LogP contribution in [0.2, 0.25) is 0 Å². The van der Waals surface area contributed by atoms with E-state index in [1.165, 1.54) is 0 Å². The molecule has 0 saturated carbocycles. The Balaban J connectivity index is 2.45. The highest BCUT2D eigenvalue weighted by molar-refractivity contribution is 5.90. The number of carbonyl (C=O) groups is 1. The number of carbonyl (C=O) groups excluding carboxylic acids is 1. The molecule has 1 atom stereocenters. The van der Waals surface area contributed by atoms with Gasteiger partial charge in [-0.3, -0.25) is 9.48 Å². The van der Waals surface area contributed by atoms with Crippen molar-refractivity contribution in [2.75, 3.05) is 5.32 Å². The third-order valence-electron chi connectivity index (χ3n) is 2.52. The Labute approximate surface area is 96.0 Å². The molecule has 0 spiro atoms. The van der Waals surface area contributed by atoms with E-state index in [1.807, 2.05) is 20.8 Å². The maximum atomic E-state index is 11.6. The maximum Gasteiger partial charge on any atom is 0.226 e. The van der Waals surface area contributed by atoms with Gasteiger partial charge in [-0.15, -0.1) is 0 Å². The van der Waals surface area contributed by atoms with Gasteiger partial charge in [0.2, 0.25) is 5.91 Å². The summed E-state index contributed by atoms with van der Waals surface area (Å²) in [6.07, 6.45) is 3.79. The number of aromatic nitrogens is 2. The minimum Gasteiger partial charge on any atom is -0.327 e. The van der Waals surface area contributed by atoms with Gasteiger partial charge in [0.05, 0.1) is 11.9 Å². The summed E-state index contributed by atoms with van der Waals surface area (Å²) in [7, 11) is 0. The van der Waals surface area contributed by atoms with Gasteiger partial charge in [-0.05, 0) is 12.8 Å². The Hall–Kier alpha value is -1.36. The van der Waals surface area contributed by atoms with Crippen LogP contribution in [0.5, 0.6) is 0 Å². The summed E-state index contributed by atoms with van der Waals surface area (Å²) in [5.74, 6) is 0.251. The molecule has 1 aromatic heterocycles. The Bertz CT molecular complexity index is 346. The molecule has 90 valence electrons. The molecular formula is C11H20N4O. The quantitative estimate of drug-likeness (QED) is 0.789. The maximum absolute atomic E-state index is 11.6. The molecule has 3 N–H and O–H groups in total. The van der Waals surface area contributed by atoms with E-state index < -0.39 is 0 Å². The number of anilines is 1. The lowest BCUT2D eigenvalue weighted by Gasteiger charge is -2.14. The van der Waals surface area contributed by atoms with Crippen molar-refractivity contribution in [2.24, 2.45) is 11.7 Å². The number of amides is 1. The molecule has 5 nitrogen and oxygen atoms in total. The van der Waals surface area contributed by atoms with Gasteiger partial charge in [-0.1, -0.05) is 13.8 Å². The number of hydrogen-bond donors (Lipinski definition) is 2. The molecule has 1 aromatic rings. The summed E-state index contributed by atoms with van der Waals surface area (Å²) >= 11 is 0. The van der Waals surface area contributed by atoms with Crippen molar-refractivity contribution < 1.29 is 4.79 Å². The third-order valence-corrected chi connectivity index (χ3v) is 2.52. The first-order valence-electron chi connectivity index (χ1n) is 5.60. The molecule has 1 rings (SSSR count). The van der Waals surface area contributed by atoms with Crippen LogP contribution in [0.1, 0.15) is 27.2 Å². The Morgan fingerprint density at radius 2 is 2.31 bits per heavy atom. The minimum absolute atomic E-state index is 0.0585. The lowest BCUT2D eigenvalue weighted by atomic mass is 10.0. The van der Waals surface area contributed by atoms with E-state index in [4.69, 9.17) is 5.73 Å². The zero-order valence-corrected chi connectivity index (χ0v) is 10.1. The van der Waals surface area contributed by atoms with Crippen LogP contribution >= 0.6 is 0 Å². The zero-order chi connectivity index (χ0) is 12.1. The van der Waals surface area contributed by atoms with E-state index in [0.29, 0.717) is 12.3 Å². The van der Waals surface area contributed by atoms with Gasteiger partial charge in [-0.2, -0.15) is 5.10 Å². The second kappa shape index (κ2) is 5.65. The van der Waals surface area contributed by atoms with Crippen molar-refractivity contribution >= 4 is 11.6 Å². The van der Waals surface area contributed by atoms with Crippen molar-refractivity contribution in [1.82, 2.24) is 9.78 Å². The molecular weight excluding hydrogens is 204 g/mol. The number of nitrogens with two attached hydrogens (primary N) is 1. The van der Waals surface area contributed by atoms with Crippen LogP contribution < -0.4 is 11.1 Å². The fraction of sp³-hybridized carbons (Fsp3) is 0.636. The second-order valence-corrected chi connectivity index (χ2v) is 4.24. The predicted octanol–water partition coefficient (Wildman–Crippen LogP) is 1.21.